The van der Waals surface area contributed by atoms with Crippen molar-refractivity contribution >= 4 is 0 Å². The third-order valence-electron chi connectivity index (χ3n) is 4.35. The zero-order chi connectivity index (χ0) is 15.2. The van der Waals surface area contributed by atoms with Gasteiger partial charge in [0.15, 0.2) is 0 Å². The van der Waals surface area contributed by atoms with Gasteiger partial charge in [0, 0.05) is 18.6 Å². The molecule has 1 fully saturated rings. The smallest absolute Gasteiger partial charge is 0.141 e. The van der Waals surface area contributed by atoms with E-state index in [0.29, 0.717) is 18.0 Å². The van der Waals surface area contributed by atoms with Crippen LogP contribution in [0.2, 0.25) is 0 Å². The predicted octanol–water partition coefficient (Wildman–Crippen LogP) is 2.42. The summed E-state index contributed by atoms with van der Waals surface area (Å²) in [6.07, 6.45) is 7.63. The van der Waals surface area contributed by atoms with Crippen molar-refractivity contribution < 1.29 is 0 Å². The average Bonchev–Trinajstić information content (AvgIpc) is 2.86. The van der Waals surface area contributed by atoms with E-state index in [1.54, 1.807) is 6.33 Å². The molecule has 1 saturated carbocycles. The molecule has 120 valence electrons. The standard InChI is InChI=1S/C16H31N5/c1-4-9-20(15-7-5-14(17)6-8-15)11-16-18-12-19-21(16)10-13(2)3/h12-15H,4-11,17H2,1-3H3. The fourth-order valence-electron chi connectivity index (χ4n) is 3.24. The monoisotopic (exact) mass is 293 g/mol. The third kappa shape index (κ3) is 4.78. The molecule has 0 atom stereocenters. The summed E-state index contributed by atoms with van der Waals surface area (Å²) in [6.45, 7) is 9.69. The minimum atomic E-state index is 0.411. The molecule has 1 heterocycles. The summed E-state index contributed by atoms with van der Waals surface area (Å²) < 4.78 is 2.07. The van der Waals surface area contributed by atoms with Crippen LogP contribution < -0.4 is 5.73 Å². The number of aromatic nitrogens is 3. The third-order valence-corrected chi connectivity index (χ3v) is 4.35. The van der Waals surface area contributed by atoms with Crippen molar-refractivity contribution in [2.24, 2.45) is 11.7 Å². The van der Waals surface area contributed by atoms with E-state index in [1.165, 1.54) is 19.3 Å². The highest BCUT2D eigenvalue weighted by Gasteiger charge is 2.25. The lowest BCUT2D eigenvalue weighted by atomic mass is 9.90. The molecule has 5 nitrogen and oxygen atoms in total. The van der Waals surface area contributed by atoms with Gasteiger partial charge in [-0.15, -0.1) is 0 Å². The Morgan fingerprint density at radius 2 is 2.05 bits per heavy atom. The molecule has 0 aromatic carbocycles. The molecule has 1 aliphatic carbocycles. The van der Waals surface area contributed by atoms with E-state index in [4.69, 9.17) is 5.73 Å². The first-order valence-electron chi connectivity index (χ1n) is 8.46. The number of nitrogens with zero attached hydrogens (tertiary/aromatic N) is 4. The molecule has 21 heavy (non-hydrogen) atoms. The first kappa shape index (κ1) is 16.4. The molecule has 1 aromatic rings. The summed E-state index contributed by atoms with van der Waals surface area (Å²) in [7, 11) is 0. The maximum absolute atomic E-state index is 6.04. The van der Waals surface area contributed by atoms with Crippen LogP contribution in [0.25, 0.3) is 0 Å². The summed E-state index contributed by atoms with van der Waals surface area (Å²) in [4.78, 5) is 7.08. The largest absolute Gasteiger partial charge is 0.328 e. The normalized spacial score (nSPS) is 23.1. The SMILES string of the molecule is CCCN(Cc1ncnn1CC(C)C)C1CCC(N)CC1. The molecule has 2 rings (SSSR count). The van der Waals surface area contributed by atoms with Crippen LogP contribution in [0.3, 0.4) is 0 Å². The minimum absolute atomic E-state index is 0.411. The van der Waals surface area contributed by atoms with Crippen LogP contribution >= 0.6 is 0 Å². The quantitative estimate of drug-likeness (QED) is 0.838. The molecule has 0 unspecified atom stereocenters. The molecule has 0 aliphatic heterocycles. The summed E-state index contributed by atoms with van der Waals surface area (Å²) in [5, 5.41) is 4.39. The van der Waals surface area contributed by atoms with Gasteiger partial charge in [-0.3, -0.25) is 4.90 Å². The topological polar surface area (TPSA) is 60.0 Å². The van der Waals surface area contributed by atoms with Gasteiger partial charge in [0.25, 0.3) is 0 Å². The van der Waals surface area contributed by atoms with Crippen LogP contribution in [-0.2, 0) is 13.1 Å². The number of hydrogen-bond donors (Lipinski definition) is 1. The summed E-state index contributed by atoms with van der Waals surface area (Å²) >= 11 is 0. The van der Waals surface area contributed by atoms with E-state index in [2.05, 4.69) is 40.4 Å². The molecule has 2 N–H and O–H groups in total. The second-order valence-corrected chi connectivity index (χ2v) is 6.79. The van der Waals surface area contributed by atoms with E-state index >= 15 is 0 Å². The van der Waals surface area contributed by atoms with Crippen molar-refractivity contribution in [3.8, 4) is 0 Å². The van der Waals surface area contributed by atoms with Crippen LogP contribution in [0, 0.1) is 5.92 Å². The van der Waals surface area contributed by atoms with Crippen molar-refractivity contribution in [2.75, 3.05) is 6.54 Å². The lowest BCUT2D eigenvalue weighted by Gasteiger charge is -2.35. The second kappa shape index (κ2) is 7.90. The highest BCUT2D eigenvalue weighted by atomic mass is 15.4. The van der Waals surface area contributed by atoms with Crippen LogP contribution in [0.1, 0.15) is 58.7 Å². The maximum atomic E-state index is 6.04. The first-order chi connectivity index (χ1) is 10.1. The fourth-order valence-corrected chi connectivity index (χ4v) is 3.24. The highest BCUT2D eigenvalue weighted by Crippen LogP contribution is 2.23. The lowest BCUT2D eigenvalue weighted by Crippen LogP contribution is -2.41. The summed E-state index contributed by atoms with van der Waals surface area (Å²) in [5.41, 5.74) is 6.04. The Kier molecular flexibility index (Phi) is 6.18. The molecule has 0 amide bonds. The van der Waals surface area contributed by atoms with Crippen molar-refractivity contribution in [2.45, 2.75) is 78.0 Å². The molecule has 0 bridgehead atoms. The summed E-state index contributed by atoms with van der Waals surface area (Å²) in [5.74, 6) is 1.70. The van der Waals surface area contributed by atoms with Gasteiger partial charge in [-0.2, -0.15) is 5.10 Å². The van der Waals surface area contributed by atoms with Gasteiger partial charge in [0.05, 0.1) is 6.54 Å². The minimum Gasteiger partial charge on any atom is -0.328 e. The maximum Gasteiger partial charge on any atom is 0.141 e. The number of hydrogen-bond acceptors (Lipinski definition) is 4. The molecular weight excluding hydrogens is 262 g/mol. The Morgan fingerprint density at radius 3 is 2.67 bits per heavy atom. The van der Waals surface area contributed by atoms with Gasteiger partial charge >= 0.3 is 0 Å². The van der Waals surface area contributed by atoms with Crippen LogP contribution in [0.15, 0.2) is 6.33 Å². The van der Waals surface area contributed by atoms with Crippen LogP contribution in [0.4, 0.5) is 0 Å². The Labute approximate surface area is 128 Å². The lowest BCUT2D eigenvalue weighted by molar-refractivity contribution is 0.136. The average molecular weight is 293 g/mol. The highest BCUT2D eigenvalue weighted by molar-refractivity contribution is 4.89. The molecule has 1 aromatic heterocycles. The second-order valence-electron chi connectivity index (χ2n) is 6.79. The number of rotatable bonds is 7. The Balaban J connectivity index is 2.00. The van der Waals surface area contributed by atoms with E-state index in [1.807, 2.05) is 0 Å². The van der Waals surface area contributed by atoms with Gasteiger partial charge in [0.1, 0.15) is 12.2 Å². The molecule has 5 heteroatoms. The fraction of sp³-hybridized carbons (Fsp3) is 0.875. The summed E-state index contributed by atoms with van der Waals surface area (Å²) in [6, 6.07) is 1.07. The van der Waals surface area contributed by atoms with Gasteiger partial charge in [-0.05, 0) is 44.6 Å². The van der Waals surface area contributed by atoms with E-state index in [9.17, 15) is 0 Å². The van der Waals surface area contributed by atoms with E-state index < -0.39 is 0 Å². The molecule has 0 saturated heterocycles. The van der Waals surface area contributed by atoms with Gasteiger partial charge < -0.3 is 5.73 Å². The van der Waals surface area contributed by atoms with Crippen LogP contribution in [0.5, 0.6) is 0 Å². The molecule has 1 aliphatic rings. The Hall–Kier alpha value is -0.940. The van der Waals surface area contributed by atoms with Gasteiger partial charge in [-0.25, -0.2) is 9.67 Å². The van der Waals surface area contributed by atoms with Gasteiger partial charge in [0.2, 0.25) is 0 Å². The van der Waals surface area contributed by atoms with Crippen molar-refractivity contribution in [3.63, 3.8) is 0 Å². The molecule has 0 radical (unpaired) electrons. The first-order valence-corrected chi connectivity index (χ1v) is 8.46. The van der Waals surface area contributed by atoms with Crippen molar-refractivity contribution in [1.29, 1.82) is 0 Å². The predicted molar refractivity (Wildman–Crippen MR) is 85.8 cm³/mol. The van der Waals surface area contributed by atoms with E-state index in [0.717, 1.165) is 38.3 Å². The number of nitrogens with two attached hydrogens (primary N) is 1. The Bertz CT molecular complexity index is 407. The van der Waals surface area contributed by atoms with E-state index in [-0.39, 0.29) is 0 Å². The van der Waals surface area contributed by atoms with Crippen molar-refractivity contribution in [1.82, 2.24) is 19.7 Å². The van der Waals surface area contributed by atoms with Crippen molar-refractivity contribution in [3.05, 3.63) is 12.2 Å². The molecule has 0 spiro atoms. The van der Waals surface area contributed by atoms with Crippen LogP contribution in [-0.4, -0.2) is 38.3 Å². The zero-order valence-electron chi connectivity index (χ0n) is 13.8. The Morgan fingerprint density at radius 1 is 1.33 bits per heavy atom. The zero-order valence-corrected chi connectivity index (χ0v) is 13.8. The molecular formula is C16H31N5. The van der Waals surface area contributed by atoms with Gasteiger partial charge in [-0.1, -0.05) is 20.8 Å².